The molecule has 0 radical (unpaired) electrons. The molecule has 2 rings (SSSR count). The lowest BCUT2D eigenvalue weighted by Gasteiger charge is -2.14. The Labute approximate surface area is 137 Å². The van der Waals surface area contributed by atoms with Crippen LogP contribution in [0.4, 0.5) is 4.39 Å². The fourth-order valence-corrected chi connectivity index (χ4v) is 2.87. The molecule has 4 nitrogen and oxygen atoms in total. The van der Waals surface area contributed by atoms with Crippen LogP contribution in [0.15, 0.2) is 24.3 Å². The number of aliphatic hydroxyl groups excluding tert-OH is 1. The molecule has 0 aliphatic rings. The first kappa shape index (κ1) is 17.6. The first-order valence-corrected chi connectivity index (χ1v) is 8.08. The summed E-state index contributed by atoms with van der Waals surface area (Å²) in [4.78, 5) is 0. The highest BCUT2D eigenvalue weighted by atomic mass is 19.1. The monoisotopic (exact) mass is 319 g/mol. The van der Waals surface area contributed by atoms with Gasteiger partial charge in [0.15, 0.2) is 0 Å². The number of hydrogen-bond donors (Lipinski definition) is 2. The number of hydrogen-bond acceptors (Lipinski definition) is 3. The first-order chi connectivity index (χ1) is 10.9. The minimum absolute atomic E-state index is 0.246. The molecule has 0 saturated heterocycles. The fourth-order valence-electron chi connectivity index (χ4n) is 2.87. The smallest absolute Gasteiger partial charge is 0.123 e. The van der Waals surface area contributed by atoms with E-state index in [0.29, 0.717) is 5.92 Å². The third-order valence-corrected chi connectivity index (χ3v) is 4.05. The van der Waals surface area contributed by atoms with Gasteiger partial charge >= 0.3 is 0 Å². The normalized spacial score (nSPS) is 14.0. The van der Waals surface area contributed by atoms with E-state index in [4.69, 9.17) is 0 Å². The van der Waals surface area contributed by atoms with E-state index in [1.54, 1.807) is 12.1 Å². The van der Waals surface area contributed by atoms with Crippen molar-refractivity contribution < 1.29 is 9.50 Å². The molecule has 0 spiro atoms. The van der Waals surface area contributed by atoms with E-state index < -0.39 is 0 Å². The maximum absolute atomic E-state index is 13.1. The Morgan fingerprint density at radius 1 is 1.22 bits per heavy atom. The number of nitrogens with zero attached hydrogens (tertiary/aromatic N) is 2. The Kier molecular flexibility index (Phi) is 5.91. The number of rotatable bonds is 7. The molecule has 0 aliphatic carbocycles. The van der Waals surface area contributed by atoms with Crippen molar-refractivity contribution in [1.29, 1.82) is 0 Å². The van der Waals surface area contributed by atoms with Gasteiger partial charge in [0.1, 0.15) is 5.82 Å². The van der Waals surface area contributed by atoms with Crippen molar-refractivity contribution in [3.63, 3.8) is 0 Å². The number of aromatic nitrogens is 2. The zero-order chi connectivity index (χ0) is 17.0. The Bertz CT molecular complexity index is 634. The van der Waals surface area contributed by atoms with Gasteiger partial charge in [-0.05, 0) is 63.9 Å². The lowest BCUT2D eigenvalue weighted by atomic mass is 10.0. The fraction of sp³-hybridized carbons (Fsp3) is 0.500. The van der Waals surface area contributed by atoms with Gasteiger partial charge in [0.25, 0.3) is 0 Å². The van der Waals surface area contributed by atoms with Crippen LogP contribution in [-0.4, -0.2) is 27.5 Å². The van der Waals surface area contributed by atoms with E-state index in [1.807, 2.05) is 25.5 Å². The summed E-state index contributed by atoms with van der Waals surface area (Å²) in [5, 5.41) is 17.4. The number of aryl methyl sites for hydroxylation is 1. The summed E-state index contributed by atoms with van der Waals surface area (Å²) in [6.07, 6.45) is 0.524. The Morgan fingerprint density at radius 3 is 2.48 bits per heavy atom. The van der Waals surface area contributed by atoms with E-state index in [9.17, 15) is 9.50 Å². The van der Waals surface area contributed by atoms with Crippen LogP contribution < -0.4 is 5.32 Å². The number of nitrogens with one attached hydrogen (secondary N) is 1. The van der Waals surface area contributed by atoms with Crippen molar-refractivity contribution in [2.45, 2.75) is 46.8 Å². The maximum atomic E-state index is 13.1. The summed E-state index contributed by atoms with van der Waals surface area (Å²) in [5.74, 6) is 0.173. The summed E-state index contributed by atoms with van der Waals surface area (Å²) in [6, 6.07) is 6.36. The van der Waals surface area contributed by atoms with Gasteiger partial charge in [0, 0.05) is 17.8 Å². The molecule has 0 fully saturated rings. The molecule has 1 aromatic heterocycles. The van der Waals surface area contributed by atoms with Crippen LogP contribution in [0.1, 0.15) is 37.2 Å². The predicted octanol–water partition coefficient (Wildman–Crippen LogP) is 3.12. The zero-order valence-electron chi connectivity index (χ0n) is 14.3. The molecule has 2 N–H and O–H groups in total. The second-order valence-corrected chi connectivity index (χ2v) is 6.36. The van der Waals surface area contributed by atoms with Crippen molar-refractivity contribution in [2.24, 2.45) is 5.92 Å². The summed E-state index contributed by atoms with van der Waals surface area (Å²) >= 11 is 0. The highest BCUT2D eigenvalue weighted by Gasteiger charge is 2.13. The molecule has 1 heterocycles. The largest absolute Gasteiger partial charge is 0.393 e. The molecule has 2 atom stereocenters. The number of halogens is 1. The molecule has 0 bridgehead atoms. The van der Waals surface area contributed by atoms with E-state index >= 15 is 0 Å². The summed E-state index contributed by atoms with van der Waals surface area (Å²) in [5.41, 5.74) is 4.06. The van der Waals surface area contributed by atoms with E-state index in [1.165, 1.54) is 17.7 Å². The van der Waals surface area contributed by atoms with E-state index in [2.05, 4.69) is 17.3 Å². The molecule has 126 valence electrons. The van der Waals surface area contributed by atoms with Crippen LogP contribution in [0.2, 0.25) is 0 Å². The van der Waals surface area contributed by atoms with Gasteiger partial charge in [-0.15, -0.1) is 0 Å². The van der Waals surface area contributed by atoms with Crippen molar-refractivity contribution in [3.8, 4) is 5.69 Å². The molecule has 2 unspecified atom stereocenters. The zero-order valence-corrected chi connectivity index (χ0v) is 14.3. The molecule has 0 aliphatic heterocycles. The molecular weight excluding hydrogens is 293 g/mol. The van der Waals surface area contributed by atoms with Crippen LogP contribution in [-0.2, 0) is 6.54 Å². The Hall–Kier alpha value is -1.72. The van der Waals surface area contributed by atoms with Crippen LogP contribution in [0.3, 0.4) is 0 Å². The molecule has 2 aromatic rings. The SMILES string of the molecule is Cc1nn(-c2ccc(F)cc2)c(C)c1CNCC(C)CC(C)O. The van der Waals surface area contributed by atoms with Crippen LogP contribution >= 0.6 is 0 Å². The van der Waals surface area contributed by atoms with E-state index in [0.717, 1.165) is 36.6 Å². The molecule has 0 saturated carbocycles. The standard InChI is InChI=1S/C18H26FN3O/c1-12(9-13(2)23)10-20-11-18-14(3)21-22(15(18)4)17-7-5-16(19)6-8-17/h5-8,12-13,20,23H,9-11H2,1-4H3. The van der Waals surface area contributed by atoms with Crippen molar-refractivity contribution in [2.75, 3.05) is 6.54 Å². The van der Waals surface area contributed by atoms with Crippen molar-refractivity contribution in [3.05, 3.63) is 47.0 Å². The second-order valence-electron chi connectivity index (χ2n) is 6.36. The minimum atomic E-state index is -0.267. The van der Waals surface area contributed by atoms with Gasteiger partial charge < -0.3 is 10.4 Å². The summed E-state index contributed by atoms with van der Waals surface area (Å²) < 4.78 is 14.9. The second kappa shape index (κ2) is 7.70. The molecule has 0 amide bonds. The number of benzene rings is 1. The molecule has 23 heavy (non-hydrogen) atoms. The van der Waals surface area contributed by atoms with Gasteiger partial charge in [-0.2, -0.15) is 5.10 Å². The van der Waals surface area contributed by atoms with Gasteiger partial charge in [0.05, 0.1) is 17.5 Å². The third-order valence-electron chi connectivity index (χ3n) is 4.05. The first-order valence-electron chi connectivity index (χ1n) is 8.08. The van der Waals surface area contributed by atoms with E-state index in [-0.39, 0.29) is 11.9 Å². The molecular formula is C18H26FN3O. The Balaban J connectivity index is 2.05. The average molecular weight is 319 g/mol. The predicted molar refractivity (Wildman–Crippen MR) is 90.2 cm³/mol. The van der Waals surface area contributed by atoms with Gasteiger partial charge in [-0.3, -0.25) is 0 Å². The van der Waals surface area contributed by atoms with Gasteiger partial charge in [0.2, 0.25) is 0 Å². The molecule has 1 aromatic carbocycles. The maximum Gasteiger partial charge on any atom is 0.123 e. The topological polar surface area (TPSA) is 50.1 Å². The number of aliphatic hydroxyl groups is 1. The quantitative estimate of drug-likeness (QED) is 0.824. The third kappa shape index (κ3) is 4.62. The highest BCUT2D eigenvalue weighted by molar-refractivity contribution is 5.37. The Morgan fingerprint density at radius 2 is 1.87 bits per heavy atom. The van der Waals surface area contributed by atoms with Crippen molar-refractivity contribution >= 4 is 0 Å². The lowest BCUT2D eigenvalue weighted by Crippen LogP contribution is -2.23. The molecule has 5 heteroatoms. The lowest BCUT2D eigenvalue weighted by molar-refractivity contribution is 0.163. The minimum Gasteiger partial charge on any atom is -0.393 e. The van der Waals surface area contributed by atoms with Crippen molar-refractivity contribution in [1.82, 2.24) is 15.1 Å². The van der Waals surface area contributed by atoms with Crippen LogP contribution in [0, 0.1) is 25.6 Å². The highest BCUT2D eigenvalue weighted by Crippen LogP contribution is 2.18. The summed E-state index contributed by atoms with van der Waals surface area (Å²) in [7, 11) is 0. The average Bonchev–Trinajstić information content (AvgIpc) is 2.75. The van der Waals surface area contributed by atoms with Gasteiger partial charge in [-0.1, -0.05) is 6.92 Å². The van der Waals surface area contributed by atoms with Crippen LogP contribution in [0.25, 0.3) is 5.69 Å². The van der Waals surface area contributed by atoms with Crippen LogP contribution in [0.5, 0.6) is 0 Å². The summed E-state index contributed by atoms with van der Waals surface area (Å²) in [6.45, 7) is 9.55. The van der Waals surface area contributed by atoms with Gasteiger partial charge in [-0.25, -0.2) is 9.07 Å².